The maximum absolute atomic E-state index is 7.86. The first-order chi connectivity index (χ1) is 25.5. The van der Waals surface area contributed by atoms with Gasteiger partial charge in [-0.2, -0.15) is 0 Å². The summed E-state index contributed by atoms with van der Waals surface area (Å²) in [5.41, 5.74) is 5.65. The van der Waals surface area contributed by atoms with Crippen LogP contribution >= 0.6 is 0 Å². The van der Waals surface area contributed by atoms with E-state index in [9.17, 15) is 0 Å². The van der Waals surface area contributed by atoms with E-state index in [1.54, 1.807) is 0 Å². The van der Waals surface area contributed by atoms with Crippen LogP contribution in [0.1, 0.15) is 247 Å². The lowest BCUT2D eigenvalue weighted by molar-refractivity contribution is 0.260. The summed E-state index contributed by atoms with van der Waals surface area (Å²) in [4.78, 5) is 2.72. The average Bonchev–Trinajstić information content (AvgIpc) is 3.14. The zero-order chi connectivity index (χ0) is 39.4. The number of hydrogen-bond donors (Lipinski definition) is 3. The molecule has 0 amide bonds. The first-order valence-corrected chi connectivity index (χ1v) is 23.6. The van der Waals surface area contributed by atoms with Gasteiger partial charge in [-0.3, -0.25) is 0 Å². The van der Waals surface area contributed by atoms with Gasteiger partial charge >= 0.3 is 0 Å². The molecular formula is C48H103N3O. The summed E-state index contributed by atoms with van der Waals surface area (Å²) in [5, 5.41) is 11.4. The van der Waals surface area contributed by atoms with E-state index in [2.05, 4.69) is 44.1 Å². The van der Waals surface area contributed by atoms with Gasteiger partial charge in [0.25, 0.3) is 0 Å². The summed E-state index contributed by atoms with van der Waals surface area (Å²) in [7, 11) is 0. The Kier molecular flexibility index (Phi) is 66.2. The van der Waals surface area contributed by atoms with Crippen LogP contribution in [0.5, 0.6) is 0 Å². The third kappa shape index (κ3) is 67.3. The van der Waals surface area contributed by atoms with Crippen LogP contribution in [0.3, 0.4) is 0 Å². The predicted molar refractivity (Wildman–Crippen MR) is 242 cm³/mol. The normalized spacial score (nSPS) is 10.5. The third-order valence-electron chi connectivity index (χ3n) is 9.59. The lowest BCUT2D eigenvalue weighted by atomic mass is 10.0. The minimum absolute atomic E-state index is 0.167. The molecule has 0 aromatic rings. The standard InChI is InChI=1S/C35H75N3.C8H16.C3H6O.C2H6/c1-3-5-7-9-11-13-15-17-19-21-23-25-27-29-34-38(35-32-37-31-30-36)33-28-26-24-22-20-18-16-14-12-10-8-6-4-2;1-3-5-7-8-6-4-2;1-3(2)4;1-2/h37H,3-36H2,1-2H3;3H,1,4-8H2,2H3;4H,1H2,2H3;1-2H3. The van der Waals surface area contributed by atoms with Gasteiger partial charge in [0, 0.05) is 26.2 Å². The highest BCUT2D eigenvalue weighted by molar-refractivity contribution is 4.67. The number of rotatable bonds is 39. The third-order valence-corrected chi connectivity index (χ3v) is 9.59. The molecule has 0 aliphatic rings. The van der Waals surface area contributed by atoms with Crippen LogP contribution in [-0.4, -0.2) is 49.3 Å². The minimum Gasteiger partial charge on any atom is -0.513 e. The molecule has 0 aliphatic carbocycles. The lowest BCUT2D eigenvalue weighted by Gasteiger charge is -2.22. The van der Waals surface area contributed by atoms with Gasteiger partial charge < -0.3 is 21.1 Å². The highest BCUT2D eigenvalue weighted by Gasteiger charge is 2.05. The van der Waals surface area contributed by atoms with E-state index in [4.69, 9.17) is 10.8 Å². The monoisotopic (exact) mass is 738 g/mol. The SMILES string of the molecule is C=C(C)O.C=CCCCCCC.CC.CCCCCCCCCCCCCCCCN(CCCCCCCCCCCCCCC)CCNCCN. The van der Waals surface area contributed by atoms with E-state index >= 15 is 0 Å². The summed E-state index contributed by atoms with van der Waals surface area (Å²) in [5.74, 6) is 0.167. The number of hydrogen-bond acceptors (Lipinski definition) is 4. The second kappa shape index (κ2) is 59.4. The number of nitrogens with one attached hydrogen (secondary N) is 1. The van der Waals surface area contributed by atoms with Gasteiger partial charge in [-0.05, 0) is 45.7 Å². The molecule has 4 N–H and O–H groups in total. The molecule has 0 aromatic heterocycles. The molecule has 0 spiro atoms. The van der Waals surface area contributed by atoms with Crippen molar-refractivity contribution < 1.29 is 5.11 Å². The van der Waals surface area contributed by atoms with Crippen molar-refractivity contribution in [3.05, 3.63) is 25.0 Å². The van der Waals surface area contributed by atoms with E-state index in [1.165, 1.54) is 232 Å². The molecule has 0 saturated carbocycles. The van der Waals surface area contributed by atoms with Gasteiger partial charge in [0.15, 0.2) is 0 Å². The highest BCUT2D eigenvalue weighted by atomic mass is 16.3. The Labute approximate surface area is 331 Å². The molecule has 0 fully saturated rings. The Morgan fingerprint density at radius 2 is 0.769 bits per heavy atom. The Morgan fingerprint density at radius 1 is 0.500 bits per heavy atom. The topological polar surface area (TPSA) is 61.5 Å². The maximum atomic E-state index is 7.86. The quantitative estimate of drug-likeness (QED) is 0.0334. The van der Waals surface area contributed by atoms with Gasteiger partial charge in [-0.15, -0.1) is 6.58 Å². The van der Waals surface area contributed by atoms with Crippen molar-refractivity contribution in [1.82, 2.24) is 10.2 Å². The molecule has 0 bridgehead atoms. The molecule has 0 atom stereocenters. The fourth-order valence-corrected chi connectivity index (χ4v) is 6.40. The van der Waals surface area contributed by atoms with E-state index < -0.39 is 0 Å². The molecule has 0 rings (SSSR count). The van der Waals surface area contributed by atoms with Crippen molar-refractivity contribution in [3.63, 3.8) is 0 Å². The maximum Gasteiger partial charge on any atom is 0.0820 e. The molecular weight excluding hydrogens is 635 g/mol. The molecule has 4 nitrogen and oxygen atoms in total. The zero-order valence-corrected chi connectivity index (χ0v) is 37.3. The van der Waals surface area contributed by atoms with Crippen molar-refractivity contribution in [2.24, 2.45) is 5.73 Å². The van der Waals surface area contributed by atoms with Crippen LogP contribution in [-0.2, 0) is 0 Å². The Bertz CT molecular complexity index is 592. The van der Waals surface area contributed by atoms with Gasteiger partial charge in [-0.1, -0.05) is 227 Å². The summed E-state index contributed by atoms with van der Waals surface area (Å²) < 4.78 is 0. The number of aliphatic hydroxyl groups excluding tert-OH is 1. The molecule has 0 aliphatic heterocycles. The van der Waals surface area contributed by atoms with E-state index in [0.717, 1.165) is 19.6 Å². The van der Waals surface area contributed by atoms with Gasteiger partial charge in [0.2, 0.25) is 0 Å². The number of aliphatic hydroxyl groups is 1. The molecule has 0 radical (unpaired) electrons. The second-order valence-electron chi connectivity index (χ2n) is 15.1. The Balaban J connectivity index is -0.000000692. The van der Waals surface area contributed by atoms with Crippen molar-refractivity contribution in [2.75, 3.05) is 39.3 Å². The Hall–Kier alpha value is -0.840. The first kappa shape index (κ1) is 57.9. The van der Waals surface area contributed by atoms with Crippen molar-refractivity contribution in [1.29, 1.82) is 0 Å². The van der Waals surface area contributed by atoms with Crippen LogP contribution in [0.15, 0.2) is 25.0 Å². The van der Waals surface area contributed by atoms with Crippen LogP contribution in [0.4, 0.5) is 0 Å². The van der Waals surface area contributed by atoms with Crippen molar-refractivity contribution in [2.45, 2.75) is 247 Å². The predicted octanol–water partition coefficient (Wildman–Crippen LogP) is 15.7. The van der Waals surface area contributed by atoms with Crippen LogP contribution in [0.25, 0.3) is 0 Å². The molecule has 0 saturated heterocycles. The summed E-state index contributed by atoms with van der Waals surface area (Å²) in [6.45, 7) is 25.7. The van der Waals surface area contributed by atoms with Crippen LogP contribution in [0, 0.1) is 0 Å². The number of nitrogens with two attached hydrogens (primary N) is 1. The highest BCUT2D eigenvalue weighted by Crippen LogP contribution is 2.15. The summed E-state index contributed by atoms with van der Waals surface area (Å²) in [6.07, 6.45) is 47.6. The number of nitrogens with zero attached hydrogens (tertiary/aromatic N) is 1. The molecule has 0 aromatic carbocycles. The van der Waals surface area contributed by atoms with E-state index in [-0.39, 0.29) is 5.76 Å². The van der Waals surface area contributed by atoms with Gasteiger partial charge in [0.1, 0.15) is 0 Å². The second-order valence-corrected chi connectivity index (χ2v) is 15.1. The van der Waals surface area contributed by atoms with Crippen molar-refractivity contribution in [3.8, 4) is 0 Å². The molecule has 0 heterocycles. The first-order valence-electron chi connectivity index (χ1n) is 23.6. The van der Waals surface area contributed by atoms with E-state index in [0.29, 0.717) is 0 Å². The van der Waals surface area contributed by atoms with Gasteiger partial charge in [-0.25, -0.2) is 0 Å². The fourth-order valence-electron chi connectivity index (χ4n) is 6.40. The average molecular weight is 738 g/mol. The summed E-state index contributed by atoms with van der Waals surface area (Å²) >= 11 is 0. The van der Waals surface area contributed by atoms with Crippen LogP contribution in [0.2, 0.25) is 0 Å². The van der Waals surface area contributed by atoms with Crippen LogP contribution < -0.4 is 11.1 Å². The molecule has 0 unspecified atom stereocenters. The Morgan fingerprint density at radius 3 is 1.04 bits per heavy atom. The molecule has 316 valence electrons. The van der Waals surface area contributed by atoms with E-state index in [1.807, 2.05) is 19.9 Å². The molecule has 4 heteroatoms. The number of unbranched alkanes of at least 4 members (excludes halogenated alkanes) is 29. The van der Waals surface area contributed by atoms with Gasteiger partial charge in [0.05, 0.1) is 5.76 Å². The van der Waals surface area contributed by atoms with Crippen molar-refractivity contribution >= 4 is 0 Å². The minimum atomic E-state index is 0.167. The lowest BCUT2D eigenvalue weighted by Crippen LogP contribution is -2.35. The fraction of sp³-hybridized carbons (Fsp3) is 0.917. The zero-order valence-electron chi connectivity index (χ0n) is 37.3. The largest absolute Gasteiger partial charge is 0.513 e. The molecule has 52 heavy (non-hydrogen) atoms. The number of allylic oxidation sites excluding steroid dienone is 2. The smallest absolute Gasteiger partial charge is 0.0820 e. The summed E-state index contributed by atoms with van der Waals surface area (Å²) in [6, 6.07) is 0.